The molecule has 0 saturated heterocycles. The lowest BCUT2D eigenvalue weighted by atomic mass is 10.1. The van der Waals surface area contributed by atoms with Crippen LogP contribution in [0.1, 0.15) is 19.4 Å². The smallest absolute Gasteiger partial charge is 0.101 e. The van der Waals surface area contributed by atoms with Crippen LogP contribution in [0.25, 0.3) is 0 Å². The number of hydrogen-bond donors (Lipinski definition) is 0. The molecular formula is C13H15ClN2. The summed E-state index contributed by atoms with van der Waals surface area (Å²) in [4.78, 5) is 2.11. The van der Waals surface area contributed by atoms with Crippen molar-refractivity contribution in [3.05, 3.63) is 40.9 Å². The molecule has 2 nitrogen and oxygen atoms in total. The molecule has 84 valence electrons. The average Bonchev–Trinajstić information content (AvgIpc) is 2.25. The van der Waals surface area contributed by atoms with Crippen molar-refractivity contribution >= 4 is 17.3 Å². The summed E-state index contributed by atoms with van der Waals surface area (Å²) in [5.41, 5.74) is 2.59. The van der Waals surface area contributed by atoms with Gasteiger partial charge < -0.3 is 4.90 Å². The van der Waals surface area contributed by atoms with Crippen molar-refractivity contribution in [2.24, 2.45) is 0 Å². The van der Waals surface area contributed by atoms with Gasteiger partial charge in [0, 0.05) is 18.1 Å². The zero-order chi connectivity index (χ0) is 12.1. The molecule has 0 radical (unpaired) electrons. The van der Waals surface area contributed by atoms with Crippen LogP contribution < -0.4 is 4.90 Å². The Balaban J connectivity index is 3.10. The SMILES string of the molecule is C=C(C)CN(CC)c1ccc(Cl)cc1C#N. The molecule has 0 saturated carbocycles. The van der Waals surface area contributed by atoms with Crippen molar-refractivity contribution in [2.45, 2.75) is 13.8 Å². The molecule has 0 unspecified atom stereocenters. The van der Waals surface area contributed by atoms with E-state index in [1.165, 1.54) is 0 Å². The van der Waals surface area contributed by atoms with Gasteiger partial charge in [0.25, 0.3) is 0 Å². The van der Waals surface area contributed by atoms with Gasteiger partial charge in [-0.05, 0) is 32.0 Å². The van der Waals surface area contributed by atoms with Crippen molar-refractivity contribution in [1.29, 1.82) is 5.26 Å². The van der Waals surface area contributed by atoms with Crippen LogP contribution in [0.5, 0.6) is 0 Å². The molecule has 0 bridgehead atoms. The number of likely N-dealkylation sites (N-methyl/N-ethyl adjacent to an activating group) is 1. The molecule has 1 aromatic carbocycles. The van der Waals surface area contributed by atoms with E-state index in [2.05, 4.69) is 24.5 Å². The molecule has 0 aliphatic carbocycles. The second-order valence-corrected chi connectivity index (χ2v) is 4.18. The fourth-order valence-electron chi connectivity index (χ4n) is 1.57. The standard InChI is InChI=1S/C13H15ClN2/c1-4-16(9-10(2)3)13-6-5-12(14)7-11(13)8-15/h5-7H,2,4,9H2,1,3H3. The third-order valence-electron chi connectivity index (χ3n) is 2.26. The first kappa shape index (κ1) is 12.6. The summed E-state index contributed by atoms with van der Waals surface area (Å²) >= 11 is 5.86. The second-order valence-electron chi connectivity index (χ2n) is 3.74. The maximum absolute atomic E-state index is 9.06. The molecule has 1 aromatic rings. The monoisotopic (exact) mass is 234 g/mol. The van der Waals surface area contributed by atoms with Crippen molar-refractivity contribution in [3.63, 3.8) is 0 Å². The quantitative estimate of drug-likeness (QED) is 0.745. The molecule has 3 heteroatoms. The maximum atomic E-state index is 9.06. The molecular weight excluding hydrogens is 220 g/mol. The van der Waals surface area contributed by atoms with E-state index in [4.69, 9.17) is 16.9 Å². The van der Waals surface area contributed by atoms with Gasteiger partial charge in [-0.3, -0.25) is 0 Å². The van der Waals surface area contributed by atoms with Gasteiger partial charge in [-0.2, -0.15) is 5.26 Å². The Morgan fingerprint density at radius 2 is 2.25 bits per heavy atom. The number of nitriles is 1. The molecule has 0 spiro atoms. The summed E-state index contributed by atoms with van der Waals surface area (Å²) in [6.45, 7) is 9.52. The summed E-state index contributed by atoms with van der Waals surface area (Å²) in [6, 6.07) is 7.55. The van der Waals surface area contributed by atoms with Gasteiger partial charge in [-0.15, -0.1) is 0 Å². The van der Waals surface area contributed by atoms with Crippen LogP contribution in [0, 0.1) is 11.3 Å². The lowest BCUT2D eigenvalue weighted by molar-refractivity contribution is 0.879. The number of rotatable bonds is 4. The Bertz CT molecular complexity index is 432. The first-order valence-corrected chi connectivity index (χ1v) is 5.55. The second kappa shape index (κ2) is 5.58. The van der Waals surface area contributed by atoms with Gasteiger partial charge in [0.2, 0.25) is 0 Å². The van der Waals surface area contributed by atoms with E-state index >= 15 is 0 Å². The highest BCUT2D eigenvalue weighted by molar-refractivity contribution is 6.30. The Morgan fingerprint density at radius 3 is 2.75 bits per heavy atom. The van der Waals surface area contributed by atoms with E-state index in [9.17, 15) is 0 Å². The number of hydrogen-bond acceptors (Lipinski definition) is 2. The number of nitrogens with zero attached hydrogens (tertiary/aromatic N) is 2. The van der Waals surface area contributed by atoms with Crippen LogP contribution in [0.2, 0.25) is 5.02 Å². The van der Waals surface area contributed by atoms with E-state index in [1.54, 1.807) is 12.1 Å². The van der Waals surface area contributed by atoms with Crippen LogP contribution in [-0.2, 0) is 0 Å². The zero-order valence-electron chi connectivity index (χ0n) is 9.63. The predicted molar refractivity (Wildman–Crippen MR) is 68.9 cm³/mol. The summed E-state index contributed by atoms with van der Waals surface area (Å²) in [5.74, 6) is 0. The van der Waals surface area contributed by atoms with Gasteiger partial charge in [-0.1, -0.05) is 23.8 Å². The fraction of sp³-hybridized carbons (Fsp3) is 0.308. The number of benzene rings is 1. The first-order valence-electron chi connectivity index (χ1n) is 5.17. The zero-order valence-corrected chi connectivity index (χ0v) is 10.4. The fourth-order valence-corrected chi connectivity index (χ4v) is 1.74. The van der Waals surface area contributed by atoms with Gasteiger partial charge >= 0.3 is 0 Å². The average molecular weight is 235 g/mol. The summed E-state index contributed by atoms with van der Waals surface area (Å²) in [6.07, 6.45) is 0. The van der Waals surface area contributed by atoms with Crippen molar-refractivity contribution < 1.29 is 0 Å². The Kier molecular flexibility index (Phi) is 4.39. The van der Waals surface area contributed by atoms with E-state index in [0.29, 0.717) is 10.6 Å². The van der Waals surface area contributed by atoms with Crippen LogP contribution in [0.3, 0.4) is 0 Å². The van der Waals surface area contributed by atoms with E-state index in [1.807, 2.05) is 13.0 Å². The van der Waals surface area contributed by atoms with Crippen molar-refractivity contribution in [2.75, 3.05) is 18.0 Å². The molecule has 0 fully saturated rings. The molecule has 0 amide bonds. The van der Waals surface area contributed by atoms with Crippen LogP contribution in [0.4, 0.5) is 5.69 Å². The van der Waals surface area contributed by atoms with Gasteiger partial charge in [0.1, 0.15) is 6.07 Å². The lowest BCUT2D eigenvalue weighted by Gasteiger charge is -2.24. The Labute approximate surface area is 102 Å². The van der Waals surface area contributed by atoms with E-state index in [-0.39, 0.29) is 0 Å². The molecule has 0 atom stereocenters. The molecule has 0 aliphatic heterocycles. The number of halogens is 1. The predicted octanol–water partition coefficient (Wildman–Crippen LogP) is 3.61. The van der Waals surface area contributed by atoms with Gasteiger partial charge in [-0.25, -0.2) is 0 Å². The van der Waals surface area contributed by atoms with Crippen LogP contribution in [0.15, 0.2) is 30.4 Å². The van der Waals surface area contributed by atoms with Crippen LogP contribution >= 0.6 is 11.6 Å². The minimum Gasteiger partial charge on any atom is -0.367 e. The van der Waals surface area contributed by atoms with Crippen LogP contribution in [-0.4, -0.2) is 13.1 Å². The summed E-state index contributed by atoms with van der Waals surface area (Å²) in [7, 11) is 0. The van der Waals surface area contributed by atoms with E-state index < -0.39 is 0 Å². The van der Waals surface area contributed by atoms with Crippen molar-refractivity contribution in [1.82, 2.24) is 0 Å². The first-order chi connectivity index (χ1) is 7.58. The summed E-state index contributed by atoms with van der Waals surface area (Å²) in [5, 5.41) is 9.65. The third kappa shape index (κ3) is 3.01. The minimum absolute atomic E-state index is 0.590. The third-order valence-corrected chi connectivity index (χ3v) is 2.50. The number of anilines is 1. The minimum atomic E-state index is 0.590. The van der Waals surface area contributed by atoms with Crippen molar-refractivity contribution in [3.8, 4) is 6.07 Å². The molecule has 0 aliphatic rings. The van der Waals surface area contributed by atoms with Gasteiger partial charge in [0.05, 0.1) is 11.3 Å². The molecule has 0 aromatic heterocycles. The van der Waals surface area contributed by atoms with E-state index in [0.717, 1.165) is 24.4 Å². The van der Waals surface area contributed by atoms with Gasteiger partial charge in [0.15, 0.2) is 0 Å². The molecule has 0 N–H and O–H groups in total. The maximum Gasteiger partial charge on any atom is 0.101 e. The topological polar surface area (TPSA) is 27.0 Å². The highest BCUT2D eigenvalue weighted by Crippen LogP contribution is 2.24. The molecule has 16 heavy (non-hydrogen) atoms. The highest BCUT2D eigenvalue weighted by Gasteiger charge is 2.09. The summed E-state index contributed by atoms with van der Waals surface area (Å²) < 4.78 is 0. The lowest BCUT2D eigenvalue weighted by Crippen LogP contribution is -2.25. The largest absolute Gasteiger partial charge is 0.367 e. The highest BCUT2D eigenvalue weighted by atomic mass is 35.5. The normalized spacial score (nSPS) is 9.62. The molecule has 1 rings (SSSR count). The molecule has 0 heterocycles. The Hall–Kier alpha value is -1.46. The Morgan fingerprint density at radius 1 is 1.56 bits per heavy atom.